The van der Waals surface area contributed by atoms with E-state index in [0.29, 0.717) is 0 Å². The Hall–Kier alpha value is -2.21. The quantitative estimate of drug-likeness (QED) is 0.731. The van der Waals surface area contributed by atoms with Crippen LogP contribution >= 0.6 is 0 Å². The maximum atomic E-state index is 13.3. The highest BCUT2D eigenvalue weighted by molar-refractivity contribution is 5.92. The Bertz CT molecular complexity index is 557. The van der Waals surface area contributed by atoms with Gasteiger partial charge < -0.3 is 15.2 Å². The third-order valence-electron chi connectivity index (χ3n) is 3.01. The first kappa shape index (κ1) is 15.2. The summed E-state index contributed by atoms with van der Waals surface area (Å²) in [4.78, 5) is 15.6. The predicted molar refractivity (Wildman–Crippen MR) is 79.4 cm³/mol. The number of amides is 1. The van der Waals surface area contributed by atoms with Crippen LogP contribution < -0.4 is 10.6 Å². The molecule has 21 heavy (non-hydrogen) atoms. The first-order valence-electron chi connectivity index (χ1n) is 6.96. The van der Waals surface area contributed by atoms with Gasteiger partial charge in [0.1, 0.15) is 5.82 Å². The standard InChI is InChI=1S/C15H19FN4O/c16-13-5-1-2-6-14(13)19-15(21)11-17-7-3-4-9-20-10-8-18-12-20/h1-2,5-6,8,10,12,17H,3-4,7,9,11H2,(H,19,21). The van der Waals surface area contributed by atoms with Gasteiger partial charge in [-0.15, -0.1) is 0 Å². The van der Waals surface area contributed by atoms with E-state index in [2.05, 4.69) is 15.6 Å². The predicted octanol–water partition coefficient (Wildman–Crippen LogP) is 2.03. The molecule has 0 saturated carbocycles. The van der Waals surface area contributed by atoms with Crippen molar-refractivity contribution in [2.75, 3.05) is 18.4 Å². The molecule has 2 rings (SSSR count). The van der Waals surface area contributed by atoms with E-state index >= 15 is 0 Å². The van der Waals surface area contributed by atoms with Crippen molar-refractivity contribution in [2.24, 2.45) is 0 Å². The molecule has 0 fully saturated rings. The normalized spacial score (nSPS) is 10.5. The molecule has 0 aliphatic heterocycles. The summed E-state index contributed by atoms with van der Waals surface area (Å²) in [7, 11) is 0. The Balaban J connectivity index is 1.56. The first-order valence-corrected chi connectivity index (χ1v) is 6.96. The SMILES string of the molecule is O=C(CNCCCCn1ccnc1)Nc1ccccc1F. The van der Waals surface area contributed by atoms with E-state index in [9.17, 15) is 9.18 Å². The summed E-state index contributed by atoms with van der Waals surface area (Å²) in [6.07, 6.45) is 7.44. The number of aromatic nitrogens is 2. The zero-order chi connectivity index (χ0) is 14.9. The van der Waals surface area contributed by atoms with Gasteiger partial charge in [0.15, 0.2) is 0 Å². The number of hydrogen-bond acceptors (Lipinski definition) is 3. The number of para-hydroxylation sites is 1. The second-order valence-electron chi connectivity index (χ2n) is 4.71. The number of carbonyl (C=O) groups is 1. The number of rotatable bonds is 8. The van der Waals surface area contributed by atoms with Gasteiger partial charge in [-0.2, -0.15) is 0 Å². The van der Waals surface area contributed by atoms with Crippen LogP contribution in [0, 0.1) is 5.82 Å². The lowest BCUT2D eigenvalue weighted by Crippen LogP contribution is -2.29. The lowest BCUT2D eigenvalue weighted by molar-refractivity contribution is -0.115. The zero-order valence-corrected chi connectivity index (χ0v) is 11.8. The third-order valence-corrected chi connectivity index (χ3v) is 3.01. The lowest BCUT2D eigenvalue weighted by Gasteiger charge is -2.07. The number of carbonyl (C=O) groups excluding carboxylic acids is 1. The van der Waals surface area contributed by atoms with E-state index in [1.807, 2.05) is 10.8 Å². The number of halogens is 1. The Morgan fingerprint density at radius 2 is 2.14 bits per heavy atom. The fourth-order valence-electron chi connectivity index (χ4n) is 1.92. The molecule has 0 saturated heterocycles. The summed E-state index contributed by atoms with van der Waals surface area (Å²) < 4.78 is 15.3. The molecule has 1 amide bonds. The summed E-state index contributed by atoms with van der Waals surface area (Å²) in [5.41, 5.74) is 0.212. The molecule has 1 aromatic heterocycles. The highest BCUT2D eigenvalue weighted by Gasteiger charge is 2.05. The van der Waals surface area contributed by atoms with E-state index in [1.54, 1.807) is 30.7 Å². The smallest absolute Gasteiger partial charge is 0.238 e. The van der Waals surface area contributed by atoms with Gasteiger partial charge in [0, 0.05) is 18.9 Å². The summed E-state index contributed by atoms with van der Waals surface area (Å²) in [6, 6.07) is 6.13. The summed E-state index contributed by atoms with van der Waals surface area (Å²) in [5.74, 6) is -0.666. The van der Waals surface area contributed by atoms with Crippen molar-refractivity contribution in [3.05, 3.63) is 48.8 Å². The van der Waals surface area contributed by atoms with Gasteiger partial charge in [-0.1, -0.05) is 12.1 Å². The second-order valence-corrected chi connectivity index (χ2v) is 4.71. The van der Waals surface area contributed by atoms with Crippen LogP contribution in [-0.4, -0.2) is 28.5 Å². The van der Waals surface area contributed by atoms with E-state index in [-0.39, 0.29) is 18.1 Å². The van der Waals surface area contributed by atoms with E-state index in [1.165, 1.54) is 6.07 Å². The molecule has 0 spiro atoms. The molecule has 0 radical (unpaired) electrons. The van der Waals surface area contributed by atoms with Crippen LogP contribution in [-0.2, 0) is 11.3 Å². The molecular weight excluding hydrogens is 271 g/mol. The number of unbranched alkanes of at least 4 members (excludes halogenated alkanes) is 1. The largest absolute Gasteiger partial charge is 0.337 e. The molecule has 2 N–H and O–H groups in total. The highest BCUT2D eigenvalue weighted by atomic mass is 19.1. The Kier molecular flexibility index (Phi) is 5.90. The minimum atomic E-state index is -0.425. The van der Waals surface area contributed by atoms with E-state index in [4.69, 9.17) is 0 Å². The summed E-state index contributed by atoms with van der Waals surface area (Å²) >= 11 is 0. The maximum Gasteiger partial charge on any atom is 0.238 e. The molecule has 0 aliphatic carbocycles. The number of hydrogen-bond donors (Lipinski definition) is 2. The van der Waals surface area contributed by atoms with Crippen LogP contribution in [0.4, 0.5) is 10.1 Å². The minimum absolute atomic E-state index is 0.180. The first-order chi connectivity index (χ1) is 10.3. The van der Waals surface area contributed by atoms with Crippen LogP contribution in [0.3, 0.4) is 0 Å². The average molecular weight is 290 g/mol. The van der Waals surface area contributed by atoms with Crippen LogP contribution in [0.25, 0.3) is 0 Å². The van der Waals surface area contributed by atoms with Gasteiger partial charge in [0.25, 0.3) is 0 Å². The number of nitrogens with zero attached hydrogens (tertiary/aromatic N) is 2. The van der Waals surface area contributed by atoms with Gasteiger partial charge in [-0.05, 0) is 31.5 Å². The van der Waals surface area contributed by atoms with E-state index in [0.717, 1.165) is 25.9 Å². The monoisotopic (exact) mass is 290 g/mol. The zero-order valence-electron chi connectivity index (χ0n) is 11.8. The molecule has 6 heteroatoms. The fourth-order valence-corrected chi connectivity index (χ4v) is 1.92. The fraction of sp³-hybridized carbons (Fsp3) is 0.333. The van der Waals surface area contributed by atoms with Crippen LogP contribution in [0.15, 0.2) is 43.0 Å². The Morgan fingerprint density at radius 1 is 1.29 bits per heavy atom. The van der Waals surface area contributed by atoms with Gasteiger partial charge >= 0.3 is 0 Å². The van der Waals surface area contributed by atoms with Crippen molar-refractivity contribution in [3.8, 4) is 0 Å². The average Bonchev–Trinajstić information content (AvgIpc) is 2.98. The van der Waals surface area contributed by atoms with Crippen molar-refractivity contribution in [1.82, 2.24) is 14.9 Å². The lowest BCUT2D eigenvalue weighted by atomic mass is 10.3. The second kappa shape index (κ2) is 8.16. The topological polar surface area (TPSA) is 59.0 Å². The van der Waals surface area contributed by atoms with Crippen LogP contribution in [0.1, 0.15) is 12.8 Å². The highest BCUT2D eigenvalue weighted by Crippen LogP contribution is 2.11. The van der Waals surface area contributed by atoms with Gasteiger partial charge in [-0.3, -0.25) is 4.79 Å². The number of anilines is 1. The van der Waals surface area contributed by atoms with Crippen molar-refractivity contribution in [3.63, 3.8) is 0 Å². The molecule has 2 aromatic rings. The van der Waals surface area contributed by atoms with Crippen molar-refractivity contribution >= 4 is 11.6 Å². The van der Waals surface area contributed by atoms with Crippen LogP contribution in [0.5, 0.6) is 0 Å². The van der Waals surface area contributed by atoms with Crippen molar-refractivity contribution in [2.45, 2.75) is 19.4 Å². The van der Waals surface area contributed by atoms with Gasteiger partial charge in [0.2, 0.25) is 5.91 Å². The molecule has 0 atom stereocenters. The number of imidazole rings is 1. The molecule has 1 heterocycles. The van der Waals surface area contributed by atoms with E-state index < -0.39 is 5.82 Å². The maximum absolute atomic E-state index is 13.3. The Labute approximate surface area is 123 Å². The summed E-state index contributed by atoms with van der Waals surface area (Å²) in [5, 5.41) is 5.58. The summed E-state index contributed by atoms with van der Waals surface area (Å²) in [6.45, 7) is 1.85. The third kappa shape index (κ3) is 5.35. The molecule has 0 aliphatic rings. The minimum Gasteiger partial charge on any atom is -0.337 e. The molecule has 0 unspecified atom stereocenters. The number of nitrogens with one attached hydrogen (secondary N) is 2. The number of benzene rings is 1. The Morgan fingerprint density at radius 3 is 2.90 bits per heavy atom. The molecular formula is C15H19FN4O. The van der Waals surface area contributed by atoms with Crippen molar-refractivity contribution < 1.29 is 9.18 Å². The van der Waals surface area contributed by atoms with Gasteiger partial charge in [0.05, 0.1) is 18.6 Å². The molecule has 5 nitrogen and oxygen atoms in total. The number of aryl methyl sites for hydroxylation is 1. The molecule has 112 valence electrons. The molecule has 1 aromatic carbocycles. The van der Waals surface area contributed by atoms with Gasteiger partial charge in [-0.25, -0.2) is 9.37 Å². The molecule has 0 bridgehead atoms. The van der Waals surface area contributed by atoms with Crippen molar-refractivity contribution in [1.29, 1.82) is 0 Å². The van der Waals surface area contributed by atoms with Crippen LogP contribution in [0.2, 0.25) is 0 Å².